The number of H-pyrrole nitrogens is 1. The summed E-state index contributed by atoms with van der Waals surface area (Å²) in [5.41, 5.74) is 3.04. The van der Waals surface area contributed by atoms with Gasteiger partial charge in [-0.15, -0.1) is 0 Å². The van der Waals surface area contributed by atoms with Crippen LogP contribution in [0.25, 0.3) is 11.0 Å². The van der Waals surface area contributed by atoms with Gasteiger partial charge in [0, 0.05) is 27.9 Å². The summed E-state index contributed by atoms with van der Waals surface area (Å²) in [5, 5.41) is 3.83. The fourth-order valence-electron chi connectivity index (χ4n) is 2.65. The number of halogens is 1. The highest BCUT2D eigenvalue weighted by molar-refractivity contribution is 9.10. The Balaban J connectivity index is 1.56. The van der Waals surface area contributed by atoms with Crippen LogP contribution in [0.15, 0.2) is 65.8 Å². The highest BCUT2D eigenvalue weighted by Crippen LogP contribution is 2.21. The zero-order valence-corrected chi connectivity index (χ0v) is 14.7. The Morgan fingerprint density at radius 2 is 2.16 bits per heavy atom. The van der Waals surface area contributed by atoms with E-state index in [4.69, 9.17) is 0 Å². The first-order chi connectivity index (χ1) is 12.2. The highest BCUT2D eigenvalue weighted by Gasteiger charge is 2.11. The molecule has 0 bridgehead atoms. The lowest BCUT2D eigenvalue weighted by molar-refractivity contribution is 0.102. The predicted molar refractivity (Wildman–Crippen MR) is 99.5 cm³/mol. The molecule has 3 aromatic heterocycles. The maximum absolute atomic E-state index is 12.4. The van der Waals surface area contributed by atoms with Crippen LogP contribution in [-0.4, -0.2) is 25.4 Å². The van der Waals surface area contributed by atoms with Gasteiger partial charge in [-0.3, -0.25) is 4.79 Å². The quantitative estimate of drug-likeness (QED) is 0.551. The van der Waals surface area contributed by atoms with Gasteiger partial charge in [0.25, 0.3) is 5.91 Å². The first kappa shape index (κ1) is 15.6. The van der Waals surface area contributed by atoms with Gasteiger partial charge in [-0.25, -0.2) is 9.97 Å². The van der Waals surface area contributed by atoms with Crippen molar-refractivity contribution < 1.29 is 4.79 Å². The van der Waals surface area contributed by atoms with Gasteiger partial charge in [0.15, 0.2) is 0 Å². The number of carbonyl (C=O) groups is 1. The summed E-state index contributed by atoms with van der Waals surface area (Å²) in [6, 6.07) is 11.2. The van der Waals surface area contributed by atoms with Crippen molar-refractivity contribution >= 4 is 38.6 Å². The molecule has 0 atom stereocenters. The number of aromatic nitrogens is 4. The van der Waals surface area contributed by atoms with Gasteiger partial charge in [-0.2, -0.15) is 0 Å². The molecule has 124 valence electrons. The Morgan fingerprint density at radius 1 is 1.28 bits per heavy atom. The van der Waals surface area contributed by atoms with Crippen LogP contribution < -0.4 is 5.32 Å². The molecule has 0 spiro atoms. The lowest BCUT2D eigenvalue weighted by Crippen LogP contribution is -2.12. The standard InChI is InChI=1S/C18H14BrN5O/c19-16-4-2-1-3-15(16)18(25)23-13-7-12-8-14(22-17(12)21-9-13)10-24-6-5-20-11-24/h1-9,11H,10H2,(H,21,22)(H,23,25). The van der Waals surface area contributed by atoms with Crippen LogP contribution in [0.1, 0.15) is 16.1 Å². The molecule has 2 N–H and O–H groups in total. The second-order valence-electron chi connectivity index (χ2n) is 5.63. The third-order valence-corrected chi connectivity index (χ3v) is 4.51. The number of nitrogens with zero attached hydrogens (tertiary/aromatic N) is 3. The minimum atomic E-state index is -0.178. The number of pyridine rings is 1. The Labute approximate surface area is 152 Å². The number of rotatable bonds is 4. The number of carbonyl (C=O) groups excluding carboxylic acids is 1. The molecule has 0 aliphatic rings. The fourth-order valence-corrected chi connectivity index (χ4v) is 3.11. The second-order valence-corrected chi connectivity index (χ2v) is 6.48. The van der Waals surface area contributed by atoms with Gasteiger partial charge in [-0.1, -0.05) is 12.1 Å². The lowest BCUT2D eigenvalue weighted by atomic mass is 10.2. The molecule has 0 aliphatic carbocycles. The monoisotopic (exact) mass is 395 g/mol. The van der Waals surface area contributed by atoms with Crippen molar-refractivity contribution in [1.82, 2.24) is 19.5 Å². The Kier molecular flexibility index (Phi) is 4.07. The van der Waals surface area contributed by atoms with Crippen molar-refractivity contribution in [2.45, 2.75) is 6.54 Å². The fraction of sp³-hybridized carbons (Fsp3) is 0.0556. The average Bonchev–Trinajstić information content (AvgIpc) is 3.24. The molecule has 0 unspecified atom stereocenters. The topological polar surface area (TPSA) is 75.6 Å². The number of anilines is 1. The van der Waals surface area contributed by atoms with E-state index in [9.17, 15) is 4.79 Å². The van der Waals surface area contributed by atoms with E-state index in [1.807, 2.05) is 41.1 Å². The number of imidazole rings is 1. The summed E-state index contributed by atoms with van der Waals surface area (Å²) in [5.74, 6) is -0.178. The number of fused-ring (bicyclic) bond motifs is 1. The summed E-state index contributed by atoms with van der Waals surface area (Å²) in [7, 11) is 0. The molecule has 0 radical (unpaired) electrons. The molecule has 7 heteroatoms. The molecular weight excluding hydrogens is 382 g/mol. The first-order valence-electron chi connectivity index (χ1n) is 7.68. The van der Waals surface area contributed by atoms with Crippen LogP contribution in [0.4, 0.5) is 5.69 Å². The number of aromatic amines is 1. The van der Waals surface area contributed by atoms with Gasteiger partial charge in [0.05, 0.1) is 30.3 Å². The first-order valence-corrected chi connectivity index (χ1v) is 8.47. The molecule has 6 nitrogen and oxygen atoms in total. The minimum Gasteiger partial charge on any atom is -0.342 e. The number of hydrogen-bond donors (Lipinski definition) is 2. The second kappa shape index (κ2) is 6.52. The van der Waals surface area contributed by atoms with Gasteiger partial charge in [-0.05, 0) is 40.2 Å². The molecule has 4 aromatic rings. The van der Waals surface area contributed by atoms with Crippen LogP contribution in [0.5, 0.6) is 0 Å². The van der Waals surface area contributed by atoms with Crippen molar-refractivity contribution in [3.63, 3.8) is 0 Å². The largest absolute Gasteiger partial charge is 0.342 e. The molecule has 25 heavy (non-hydrogen) atoms. The van der Waals surface area contributed by atoms with E-state index in [1.54, 1.807) is 24.8 Å². The highest BCUT2D eigenvalue weighted by atomic mass is 79.9. The van der Waals surface area contributed by atoms with Gasteiger partial charge in [0.1, 0.15) is 5.65 Å². The summed E-state index contributed by atoms with van der Waals surface area (Å²) >= 11 is 3.39. The van der Waals surface area contributed by atoms with E-state index in [0.717, 1.165) is 21.2 Å². The summed E-state index contributed by atoms with van der Waals surface area (Å²) in [6.07, 6.45) is 7.06. The molecule has 0 saturated carbocycles. The molecular formula is C18H14BrN5O. The lowest BCUT2D eigenvalue weighted by Gasteiger charge is -2.06. The van der Waals surface area contributed by atoms with E-state index in [0.29, 0.717) is 17.8 Å². The molecule has 0 aliphatic heterocycles. The number of amides is 1. The third-order valence-electron chi connectivity index (χ3n) is 3.81. The molecule has 3 heterocycles. The maximum Gasteiger partial charge on any atom is 0.256 e. The average molecular weight is 396 g/mol. The van der Waals surface area contributed by atoms with E-state index in [1.165, 1.54) is 0 Å². The Hall–Kier alpha value is -2.93. The van der Waals surface area contributed by atoms with Crippen molar-refractivity contribution in [2.75, 3.05) is 5.32 Å². The maximum atomic E-state index is 12.4. The van der Waals surface area contributed by atoms with E-state index >= 15 is 0 Å². The zero-order chi connectivity index (χ0) is 17.2. The van der Waals surface area contributed by atoms with Crippen molar-refractivity contribution in [3.05, 3.63) is 77.0 Å². The van der Waals surface area contributed by atoms with E-state index < -0.39 is 0 Å². The van der Waals surface area contributed by atoms with Crippen LogP contribution in [0.2, 0.25) is 0 Å². The zero-order valence-electron chi connectivity index (χ0n) is 13.1. The molecule has 0 fully saturated rings. The van der Waals surface area contributed by atoms with Crippen molar-refractivity contribution in [2.24, 2.45) is 0 Å². The number of hydrogen-bond acceptors (Lipinski definition) is 3. The minimum absolute atomic E-state index is 0.178. The van der Waals surface area contributed by atoms with Gasteiger partial charge < -0.3 is 14.9 Å². The third kappa shape index (κ3) is 3.32. The summed E-state index contributed by atoms with van der Waals surface area (Å²) < 4.78 is 2.73. The van der Waals surface area contributed by atoms with Crippen LogP contribution >= 0.6 is 15.9 Å². The van der Waals surface area contributed by atoms with Crippen LogP contribution in [0.3, 0.4) is 0 Å². The van der Waals surface area contributed by atoms with Crippen molar-refractivity contribution in [1.29, 1.82) is 0 Å². The van der Waals surface area contributed by atoms with Crippen molar-refractivity contribution in [3.8, 4) is 0 Å². The number of benzene rings is 1. The normalized spacial score (nSPS) is 10.9. The number of nitrogens with one attached hydrogen (secondary N) is 2. The molecule has 0 saturated heterocycles. The molecule has 1 amide bonds. The van der Waals surface area contributed by atoms with Gasteiger partial charge in [0.2, 0.25) is 0 Å². The van der Waals surface area contributed by atoms with Crippen LogP contribution in [-0.2, 0) is 6.54 Å². The SMILES string of the molecule is O=C(Nc1cnc2[nH]c(Cn3ccnc3)cc2c1)c1ccccc1Br. The molecule has 1 aromatic carbocycles. The smallest absolute Gasteiger partial charge is 0.256 e. The predicted octanol–water partition coefficient (Wildman–Crippen LogP) is 3.82. The Bertz CT molecular complexity index is 1040. The van der Waals surface area contributed by atoms with Gasteiger partial charge >= 0.3 is 0 Å². The van der Waals surface area contributed by atoms with Crippen LogP contribution in [0, 0.1) is 0 Å². The Morgan fingerprint density at radius 3 is 2.96 bits per heavy atom. The van der Waals surface area contributed by atoms with E-state index in [2.05, 4.69) is 36.2 Å². The van der Waals surface area contributed by atoms with E-state index in [-0.39, 0.29) is 5.91 Å². The summed E-state index contributed by atoms with van der Waals surface area (Å²) in [6.45, 7) is 0.689. The molecule has 4 rings (SSSR count). The summed E-state index contributed by atoms with van der Waals surface area (Å²) in [4.78, 5) is 24.1.